The molecule has 0 spiro atoms. The van der Waals surface area contributed by atoms with Gasteiger partial charge in [0.15, 0.2) is 0 Å². The van der Waals surface area contributed by atoms with E-state index in [2.05, 4.69) is 23.6 Å². The number of nitriles is 1. The van der Waals surface area contributed by atoms with Crippen molar-refractivity contribution < 1.29 is 4.79 Å². The molecule has 0 aromatic rings. The molecule has 15 heavy (non-hydrogen) atoms. The minimum Gasteiger partial charge on any atom is -0.351 e. The van der Waals surface area contributed by atoms with Crippen LogP contribution in [0, 0.1) is 11.3 Å². The van der Waals surface area contributed by atoms with Gasteiger partial charge in [-0.15, -0.1) is 0 Å². The first-order valence-electron chi connectivity index (χ1n) is 5.53. The Morgan fingerprint density at radius 1 is 1.40 bits per heavy atom. The third-order valence-corrected chi connectivity index (χ3v) is 2.42. The summed E-state index contributed by atoms with van der Waals surface area (Å²) in [5.74, 6) is -0.0302. The number of carbonyl (C=O) groups excluding carboxylic acids is 1. The standard InChI is InChI=1S/C11H21N3O/c1-4-9(3)13-8-11(15)14-10(5-2)6-7-12/h9-10,13H,4-6,8H2,1-3H3,(H,14,15). The van der Waals surface area contributed by atoms with Crippen molar-refractivity contribution in [1.82, 2.24) is 10.6 Å². The van der Waals surface area contributed by atoms with Gasteiger partial charge < -0.3 is 10.6 Å². The molecule has 86 valence electrons. The summed E-state index contributed by atoms with van der Waals surface area (Å²) in [5.41, 5.74) is 0. The van der Waals surface area contributed by atoms with Crippen LogP contribution in [0.3, 0.4) is 0 Å². The minimum absolute atomic E-state index is 0.0127. The summed E-state index contributed by atoms with van der Waals surface area (Å²) in [6, 6.07) is 2.41. The van der Waals surface area contributed by atoms with Crippen LogP contribution < -0.4 is 10.6 Å². The maximum Gasteiger partial charge on any atom is 0.234 e. The largest absolute Gasteiger partial charge is 0.351 e. The Hall–Kier alpha value is -1.08. The second-order valence-corrected chi connectivity index (χ2v) is 3.73. The average molecular weight is 211 g/mol. The predicted octanol–water partition coefficient (Wildman–Crippen LogP) is 1.18. The van der Waals surface area contributed by atoms with Gasteiger partial charge in [0, 0.05) is 12.1 Å². The second-order valence-electron chi connectivity index (χ2n) is 3.73. The Balaban J connectivity index is 3.77. The lowest BCUT2D eigenvalue weighted by Crippen LogP contribution is -2.42. The van der Waals surface area contributed by atoms with Gasteiger partial charge in [-0.25, -0.2) is 0 Å². The van der Waals surface area contributed by atoms with Gasteiger partial charge in [0.1, 0.15) is 0 Å². The molecule has 0 saturated heterocycles. The summed E-state index contributed by atoms with van der Waals surface area (Å²) in [6.45, 7) is 6.40. The van der Waals surface area contributed by atoms with Crippen LogP contribution in [-0.2, 0) is 4.79 Å². The maximum atomic E-state index is 11.4. The van der Waals surface area contributed by atoms with Crippen LogP contribution in [-0.4, -0.2) is 24.5 Å². The quantitative estimate of drug-likeness (QED) is 0.664. The molecular formula is C11H21N3O. The topological polar surface area (TPSA) is 64.9 Å². The van der Waals surface area contributed by atoms with Crippen LogP contribution in [0.1, 0.15) is 40.0 Å². The highest BCUT2D eigenvalue weighted by atomic mass is 16.1. The molecule has 0 radical (unpaired) electrons. The fraction of sp³-hybridized carbons (Fsp3) is 0.818. The minimum atomic E-state index is -0.0302. The van der Waals surface area contributed by atoms with Crippen LogP contribution in [0.25, 0.3) is 0 Å². The first kappa shape index (κ1) is 13.9. The molecule has 0 heterocycles. The molecule has 0 saturated carbocycles. The van der Waals surface area contributed by atoms with E-state index in [1.165, 1.54) is 0 Å². The normalized spacial score (nSPS) is 14.0. The first-order chi connectivity index (χ1) is 7.13. The van der Waals surface area contributed by atoms with E-state index in [-0.39, 0.29) is 11.9 Å². The number of hydrogen-bond acceptors (Lipinski definition) is 3. The van der Waals surface area contributed by atoms with E-state index in [0.29, 0.717) is 19.0 Å². The van der Waals surface area contributed by atoms with Gasteiger partial charge in [0.25, 0.3) is 0 Å². The molecule has 4 nitrogen and oxygen atoms in total. The molecule has 0 aromatic carbocycles. The van der Waals surface area contributed by atoms with Gasteiger partial charge in [-0.05, 0) is 19.8 Å². The zero-order valence-corrected chi connectivity index (χ0v) is 9.84. The van der Waals surface area contributed by atoms with Crippen LogP contribution in [0.15, 0.2) is 0 Å². The highest BCUT2D eigenvalue weighted by Crippen LogP contribution is 1.95. The van der Waals surface area contributed by atoms with Gasteiger partial charge in [-0.1, -0.05) is 13.8 Å². The summed E-state index contributed by atoms with van der Waals surface area (Å²) in [6.07, 6.45) is 2.18. The summed E-state index contributed by atoms with van der Waals surface area (Å²) < 4.78 is 0. The molecule has 0 bridgehead atoms. The van der Waals surface area contributed by atoms with Crippen molar-refractivity contribution in [3.63, 3.8) is 0 Å². The number of nitrogens with zero attached hydrogens (tertiary/aromatic N) is 1. The molecule has 0 aromatic heterocycles. The Bertz CT molecular complexity index is 222. The number of nitrogens with one attached hydrogen (secondary N) is 2. The molecule has 0 aliphatic rings. The zero-order valence-electron chi connectivity index (χ0n) is 9.84. The fourth-order valence-electron chi connectivity index (χ4n) is 1.10. The number of hydrogen-bond donors (Lipinski definition) is 2. The molecule has 0 aliphatic heterocycles. The average Bonchev–Trinajstić information content (AvgIpc) is 2.25. The molecule has 2 N–H and O–H groups in total. The van der Waals surface area contributed by atoms with E-state index in [4.69, 9.17) is 5.26 Å². The second kappa shape index (κ2) is 8.25. The number of amides is 1. The molecule has 0 fully saturated rings. The first-order valence-corrected chi connectivity index (χ1v) is 5.53. The van der Waals surface area contributed by atoms with Crippen LogP contribution in [0.5, 0.6) is 0 Å². The molecule has 2 unspecified atom stereocenters. The van der Waals surface area contributed by atoms with E-state index >= 15 is 0 Å². The van der Waals surface area contributed by atoms with Crippen molar-refractivity contribution in [2.24, 2.45) is 0 Å². The molecule has 4 heteroatoms. The summed E-state index contributed by atoms with van der Waals surface area (Å²) in [7, 11) is 0. The SMILES string of the molecule is CCC(C)NCC(=O)NC(CC)CC#N. The smallest absolute Gasteiger partial charge is 0.234 e. The molecule has 0 rings (SSSR count). The van der Waals surface area contributed by atoms with Crippen molar-refractivity contribution in [3.8, 4) is 6.07 Å². The maximum absolute atomic E-state index is 11.4. The summed E-state index contributed by atoms with van der Waals surface area (Å²) in [4.78, 5) is 11.4. The number of rotatable bonds is 7. The van der Waals surface area contributed by atoms with Crippen molar-refractivity contribution in [2.75, 3.05) is 6.54 Å². The molecule has 0 aliphatic carbocycles. The van der Waals surface area contributed by atoms with Gasteiger partial charge in [-0.3, -0.25) is 4.79 Å². The van der Waals surface area contributed by atoms with E-state index in [1.54, 1.807) is 0 Å². The highest BCUT2D eigenvalue weighted by molar-refractivity contribution is 5.78. The van der Waals surface area contributed by atoms with Gasteiger partial charge >= 0.3 is 0 Å². The lowest BCUT2D eigenvalue weighted by atomic mass is 10.1. The van der Waals surface area contributed by atoms with Crippen LogP contribution >= 0.6 is 0 Å². The van der Waals surface area contributed by atoms with E-state index < -0.39 is 0 Å². The van der Waals surface area contributed by atoms with E-state index in [1.807, 2.05) is 13.8 Å². The third kappa shape index (κ3) is 6.92. The van der Waals surface area contributed by atoms with Gasteiger partial charge in [-0.2, -0.15) is 5.26 Å². The summed E-state index contributed by atoms with van der Waals surface area (Å²) >= 11 is 0. The highest BCUT2D eigenvalue weighted by Gasteiger charge is 2.10. The molecule has 1 amide bonds. The fourth-order valence-corrected chi connectivity index (χ4v) is 1.10. The summed E-state index contributed by atoms with van der Waals surface area (Å²) in [5, 5.41) is 14.5. The van der Waals surface area contributed by atoms with Gasteiger partial charge in [0.2, 0.25) is 5.91 Å². The van der Waals surface area contributed by atoms with Crippen molar-refractivity contribution in [3.05, 3.63) is 0 Å². The Labute approximate surface area is 92.0 Å². The van der Waals surface area contributed by atoms with E-state index in [9.17, 15) is 4.79 Å². The van der Waals surface area contributed by atoms with Crippen LogP contribution in [0.2, 0.25) is 0 Å². The monoisotopic (exact) mass is 211 g/mol. The van der Waals surface area contributed by atoms with Gasteiger partial charge in [0.05, 0.1) is 19.0 Å². The molecular weight excluding hydrogens is 190 g/mol. The zero-order chi connectivity index (χ0) is 11.7. The van der Waals surface area contributed by atoms with Crippen molar-refractivity contribution >= 4 is 5.91 Å². The number of carbonyl (C=O) groups is 1. The third-order valence-electron chi connectivity index (χ3n) is 2.42. The Morgan fingerprint density at radius 3 is 2.53 bits per heavy atom. The lowest BCUT2D eigenvalue weighted by Gasteiger charge is -2.15. The Morgan fingerprint density at radius 2 is 2.07 bits per heavy atom. The van der Waals surface area contributed by atoms with Crippen molar-refractivity contribution in [1.29, 1.82) is 5.26 Å². The Kier molecular flexibility index (Phi) is 7.65. The molecule has 2 atom stereocenters. The van der Waals surface area contributed by atoms with E-state index in [0.717, 1.165) is 12.8 Å². The van der Waals surface area contributed by atoms with Crippen molar-refractivity contribution in [2.45, 2.75) is 52.1 Å². The predicted molar refractivity (Wildman–Crippen MR) is 60.2 cm³/mol. The lowest BCUT2D eigenvalue weighted by molar-refractivity contribution is -0.121. The van der Waals surface area contributed by atoms with Crippen LogP contribution in [0.4, 0.5) is 0 Å².